The molecule has 1 aromatic carbocycles. The molecule has 4 nitrogen and oxygen atoms in total. The number of fused-ring (bicyclic) bond motifs is 2. The summed E-state index contributed by atoms with van der Waals surface area (Å²) in [4.78, 5) is 21.7. The van der Waals surface area contributed by atoms with E-state index in [9.17, 15) is 4.79 Å². The maximum Gasteiger partial charge on any atom is 0.250 e. The molecule has 1 aliphatic rings. The number of nitrogens with zero attached hydrogens (tertiary/aromatic N) is 2. The molecule has 0 unspecified atom stereocenters. The molecule has 1 N–H and O–H groups in total. The second-order valence-electron chi connectivity index (χ2n) is 6.28. The van der Waals surface area contributed by atoms with Crippen LogP contribution in [0.25, 0.3) is 22.2 Å². The van der Waals surface area contributed by atoms with Gasteiger partial charge >= 0.3 is 0 Å². The number of H-pyrrole nitrogens is 1. The molecule has 0 saturated heterocycles. The molecule has 126 valence electrons. The van der Waals surface area contributed by atoms with E-state index in [0.717, 1.165) is 52.9 Å². The second-order valence-corrected chi connectivity index (χ2v) is 6.69. The van der Waals surface area contributed by atoms with E-state index in [2.05, 4.69) is 34.7 Å². The van der Waals surface area contributed by atoms with Gasteiger partial charge in [-0.2, -0.15) is 0 Å². The van der Waals surface area contributed by atoms with Gasteiger partial charge in [-0.15, -0.1) is 0 Å². The van der Waals surface area contributed by atoms with Crippen molar-refractivity contribution in [3.8, 4) is 11.1 Å². The number of hydrogen-bond acceptors (Lipinski definition) is 2. The normalized spacial score (nSPS) is 13.8. The van der Waals surface area contributed by atoms with Crippen LogP contribution in [0, 0.1) is 6.92 Å². The summed E-state index contributed by atoms with van der Waals surface area (Å²) >= 11 is 6.43. The SMILES string of the molecule is C=CC(=O)N1CCCc2ccc(-c3c(C)[nH]c4nccc(Cl)c34)cc21. The van der Waals surface area contributed by atoms with Gasteiger partial charge in [-0.3, -0.25) is 4.79 Å². The summed E-state index contributed by atoms with van der Waals surface area (Å²) in [6.07, 6.45) is 5.01. The number of carbonyl (C=O) groups excluding carboxylic acids is 1. The number of anilines is 1. The molecule has 0 atom stereocenters. The lowest BCUT2D eigenvalue weighted by atomic mass is 9.95. The van der Waals surface area contributed by atoms with Crippen molar-refractivity contribution in [2.24, 2.45) is 0 Å². The van der Waals surface area contributed by atoms with Gasteiger partial charge in [0, 0.05) is 35.1 Å². The van der Waals surface area contributed by atoms with Crippen LogP contribution >= 0.6 is 11.6 Å². The Morgan fingerprint density at radius 1 is 1.40 bits per heavy atom. The van der Waals surface area contributed by atoms with Crippen molar-refractivity contribution < 1.29 is 4.79 Å². The number of aryl methyl sites for hydroxylation is 2. The van der Waals surface area contributed by atoms with E-state index in [1.165, 1.54) is 11.6 Å². The fraction of sp³-hybridized carbons (Fsp3) is 0.200. The van der Waals surface area contributed by atoms with E-state index in [1.54, 1.807) is 17.2 Å². The van der Waals surface area contributed by atoms with E-state index in [0.29, 0.717) is 5.02 Å². The summed E-state index contributed by atoms with van der Waals surface area (Å²) in [5.74, 6) is -0.0616. The molecule has 1 aliphatic heterocycles. The molecular formula is C20H18ClN3O. The van der Waals surface area contributed by atoms with Crippen LogP contribution in [-0.2, 0) is 11.2 Å². The van der Waals surface area contributed by atoms with Crippen LogP contribution in [0.15, 0.2) is 43.1 Å². The average molecular weight is 352 g/mol. The Morgan fingerprint density at radius 3 is 3.04 bits per heavy atom. The zero-order valence-electron chi connectivity index (χ0n) is 14.0. The Kier molecular flexibility index (Phi) is 3.85. The minimum Gasteiger partial charge on any atom is -0.343 e. The van der Waals surface area contributed by atoms with Crippen LogP contribution in [0.5, 0.6) is 0 Å². The molecule has 0 spiro atoms. The number of aromatic amines is 1. The van der Waals surface area contributed by atoms with Crippen molar-refractivity contribution in [1.29, 1.82) is 0 Å². The molecule has 0 radical (unpaired) electrons. The lowest BCUT2D eigenvalue weighted by Gasteiger charge is -2.29. The molecule has 25 heavy (non-hydrogen) atoms. The van der Waals surface area contributed by atoms with Crippen molar-refractivity contribution in [3.05, 3.63) is 59.4 Å². The van der Waals surface area contributed by atoms with Gasteiger partial charge in [0.05, 0.1) is 5.02 Å². The number of halogens is 1. The average Bonchev–Trinajstić information content (AvgIpc) is 2.97. The monoisotopic (exact) mass is 351 g/mol. The number of hydrogen-bond donors (Lipinski definition) is 1. The molecule has 1 amide bonds. The summed E-state index contributed by atoms with van der Waals surface area (Å²) in [7, 11) is 0. The summed E-state index contributed by atoms with van der Waals surface area (Å²) < 4.78 is 0. The second kappa shape index (κ2) is 6.05. The van der Waals surface area contributed by atoms with E-state index >= 15 is 0 Å². The van der Waals surface area contributed by atoms with Gasteiger partial charge in [0.15, 0.2) is 0 Å². The standard InChI is InChI=1S/C20H18ClN3O/c1-3-17(25)24-10-4-5-13-6-7-14(11-16(13)24)18-12(2)23-20-19(18)15(21)8-9-22-20/h3,6-9,11H,1,4-5,10H2,2H3,(H,22,23). The van der Waals surface area contributed by atoms with Crippen LogP contribution in [-0.4, -0.2) is 22.4 Å². The summed E-state index contributed by atoms with van der Waals surface area (Å²) in [6, 6.07) is 8.08. The number of carbonyl (C=O) groups is 1. The Balaban J connectivity index is 1.93. The van der Waals surface area contributed by atoms with Crippen LogP contribution in [0.3, 0.4) is 0 Å². The zero-order chi connectivity index (χ0) is 17.6. The minimum atomic E-state index is -0.0616. The van der Waals surface area contributed by atoms with Crippen molar-refractivity contribution in [2.45, 2.75) is 19.8 Å². The first kappa shape index (κ1) is 15.9. The van der Waals surface area contributed by atoms with Crippen molar-refractivity contribution in [3.63, 3.8) is 0 Å². The summed E-state index contributed by atoms with van der Waals surface area (Å²) in [5.41, 5.74) is 5.99. The van der Waals surface area contributed by atoms with E-state index in [4.69, 9.17) is 11.6 Å². The first-order valence-electron chi connectivity index (χ1n) is 8.30. The Labute approximate surface area is 151 Å². The fourth-order valence-electron chi connectivity index (χ4n) is 3.63. The molecular weight excluding hydrogens is 334 g/mol. The Hall–Kier alpha value is -2.59. The topological polar surface area (TPSA) is 49.0 Å². The van der Waals surface area contributed by atoms with Crippen LogP contribution < -0.4 is 4.90 Å². The highest BCUT2D eigenvalue weighted by atomic mass is 35.5. The molecule has 0 fully saturated rings. The Morgan fingerprint density at radius 2 is 2.24 bits per heavy atom. The molecule has 3 aromatic rings. The zero-order valence-corrected chi connectivity index (χ0v) is 14.7. The number of nitrogens with one attached hydrogen (secondary N) is 1. The maximum atomic E-state index is 12.2. The smallest absolute Gasteiger partial charge is 0.250 e. The highest BCUT2D eigenvalue weighted by Crippen LogP contribution is 2.39. The summed E-state index contributed by atoms with van der Waals surface area (Å²) in [5, 5.41) is 1.58. The maximum absolute atomic E-state index is 12.2. The third kappa shape index (κ3) is 2.53. The van der Waals surface area contributed by atoms with Crippen molar-refractivity contribution in [1.82, 2.24) is 9.97 Å². The molecule has 0 saturated carbocycles. The molecule has 0 bridgehead atoms. The van der Waals surface area contributed by atoms with Gasteiger partial charge in [-0.1, -0.05) is 30.3 Å². The van der Waals surface area contributed by atoms with Gasteiger partial charge in [0.1, 0.15) is 5.65 Å². The first-order chi connectivity index (χ1) is 12.1. The quantitative estimate of drug-likeness (QED) is 0.683. The van der Waals surface area contributed by atoms with E-state index in [-0.39, 0.29) is 5.91 Å². The minimum absolute atomic E-state index is 0.0616. The molecule has 3 heterocycles. The highest BCUT2D eigenvalue weighted by Gasteiger charge is 2.22. The van der Waals surface area contributed by atoms with Gasteiger partial charge in [0.2, 0.25) is 5.91 Å². The van der Waals surface area contributed by atoms with Gasteiger partial charge < -0.3 is 9.88 Å². The van der Waals surface area contributed by atoms with Crippen LogP contribution in [0.1, 0.15) is 17.7 Å². The van der Waals surface area contributed by atoms with Gasteiger partial charge in [-0.05, 0) is 49.1 Å². The largest absolute Gasteiger partial charge is 0.343 e. The molecule has 2 aromatic heterocycles. The van der Waals surface area contributed by atoms with E-state index in [1.807, 2.05) is 6.92 Å². The number of amides is 1. The number of pyridine rings is 1. The molecule has 0 aliphatic carbocycles. The van der Waals surface area contributed by atoms with E-state index < -0.39 is 0 Å². The first-order valence-corrected chi connectivity index (χ1v) is 8.68. The highest BCUT2D eigenvalue weighted by molar-refractivity contribution is 6.36. The molecule has 4 rings (SSSR count). The van der Waals surface area contributed by atoms with Crippen LogP contribution in [0.4, 0.5) is 5.69 Å². The number of benzene rings is 1. The Bertz CT molecular complexity index is 1010. The third-order valence-electron chi connectivity index (χ3n) is 4.76. The number of rotatable bonds is 2. The molecule has 5 heteroatoms. The predicted octanol–water partition coefficient (Wildman–Crippen LogP) is 4.66. The number of aromatic nitrogens is 2. The van der Waals surface area contributed by atoms with Gasteiger partial charge in [0.25, 0.3) is 0 Å². The lowest BCUT2D eigenvalue weighted by Crippen LogP contribution is -2.34. The third-order valence-corrected chi connectivity index (χ3v) is 5.08. The lowest BCUT2D eigenvalue weighted by molar-refractivity contribution is -0.114. The fourth-order valence-corrected chi connectivity index (χ4v) is 3.87. The van der Waals surface area contributed by atoms with Crippen LogP contribution in [0.2, 0.25) is 5.02 Å². The van der Waals surface area contributed by atoms with Gasteiger partial charge in [-0.25, -0.2) is 4.98 Å². The summed E-state index contributed by atoms with van der Waals surface area (Å²) in [6.45, 7) is 6.36. The van der Waals surface area contributed by atoms with Crippen molar-refractivity contribution in [2.75, 3.05) is 11.4 Å². The predicted molar refractivity (Wildman–Crippen MR) is 102 cm³/mol. The van der Waals surface area contributed by atoms with Crippen molar-refractivity contribution >= 4 is 34.2 Å².